The fourth-order valence-corrected chi connectivity index (χ4v) is 4.00. The third kappa shape index (κ3) is 4.01. The van der Waals surface area contributed by atoms with Crippen LogP contribution in [-0.4, -0.2) is 46.1 Å². The van der Waals surface area contributed by atoms with E-state index >= 15 is 0 Å². The minimum atomic E-state index is 0.154. The Kier molecular flexibility index (Phi) is 5.84. The molecule has 0 spiro atoms. The van der Waals surface area contributed by atoms with Crippen molar-refractivity contribution >= 4 is 0 Å². The molecule has 28 heavy (non-hydrogen) atoms. The van der Waals surface area contributed by atoms with E-state index in [0.717, 1.165) is 44.3 Å². The van der Waals surface area contributed by atoms with Gasteiger partial charge in [0, 0.05) is 32.6 Å². The Morgan fingerprint density at radius 1 is 0.857 bits per heavy atom. The number of benzene rings is 2. The van der Waals surface area contributed by atoms with Crippen molar-refractivity contribution in [2.45, 2.75) is 32.4 Å². The lowest BCUT2D eigenvalue weighted by Gasteiger charge is -2.41. The maximum atomic E-state index is 5.47. The Hall–Kier alpha value is -2.50. The third-order valence-corrected chi connectivity index (χ3v) is 5.65. The SMILES string of the molecule is CCc1noc([C@@H](C)N2CCN(C(c3ccccc3)c3ccccc3)CC2)n1. The van der Waals surface area contributed by atoms with Gasteiger partial charge in [0.15, 0.2) is 5.82 Å². The maximum Gasteiger partial charge on any atom is 0.243 e. The summed E-state index contributed by atoms with van der Waals surface area (Å²) in [5, 5.41) is 4.05. The molecule has 1 aliphatic rings. The van der Waals surface area contributed by atoms with Crippen molar-refractivity contribution in [3.05, 3.63) is 83.5 Å². The first-order chi connectivity index (χ1) is 13.8. The summed E-state index contributed by atoms with van der Waals surface area (Å²) in [4.78, 5) is 9.54. The lowest BCUT2D eigenvalue weighted by molar-refractivity contribution is 0.0726. The van der Waals surface area contributed by atoms with E-state index < -0.39 is 0 Å². The van der Waals surface area contributed by atoms with Crippen LogP contribution < -0.4 is 0 Å². The van der Waals surface area contributed by atoms with Crippen LogP contribution in [0.25, 0.3) is 0 Å². The van der Waals surface area contributed by atoms with Crippen molar-refractivity contribution < 1.29 is 4.52 Å². The first-order valence-corrected chi connectivity index (χ1v) is 10.2. The zero-order valence-corrected chi connectivity index (χ0v) is 16.7. The van der Waals surface area contributed by atoms with Gasteiger partial charge in [-0.15, -0.1) is 0 Å². The van der Waals surface area contributed by atoms with Crippen LogP contribution in [0.4, 0.5) is 0 Å². The van der Waals surface area contributed by atoms with Crippen LogP contribution in [0.3, 0.4) is 0 Å². The van der Waals surface area contributed by atoms with E-state index in [2.05, 4.69) is 87.5 Å². The molecule has 4 rings (SSSR count). The summed E-state index contributed by atoms with van der Waals surface area (Å²) in [5.74, 6) is 1.52. The number of hydrogen-bond acceptors (Lipinski definition) is 5. The summed E-state index contributed by atoms with van der Waals surface area (Å²) < 4.78 is 5.47. The van der Waals surface area contributed by atoms with Gasteiger partial charge in [0.25, 0.3) is 0 Å². The Morgan fingerprint density at radius 2 is 1.39 bits per heavy atom. The Morgan fingerprint density at radius 3 is 1.89 bits per heavy atom. The molecule has 146 valence electrons. The molecule has 0 bridgehead atoms. The molecule has 1 saturated heterocycles. The second-order valence-corrected chi connectivity index (χ2v) is 7.37. The molecule has 1 aliphatic heterocycles. The Balaban J connectivity index is 1.49. The first-order valence-electron chi connectivity index (χ1n) is 10.2. The molecule has 0 aliphatic carbocycles. The van der Waals surface area contributed by atoms with E-state index in [1.807, 2.05) is 6.92 Å². The number of aromatic nitrogens is 2. The van der Waals surface area contributed by atoms with Crippen molar-refractivity contribution in [1.82, 2.24) is 19.9 Å². The quantitative estimate of drug-likeness (QED) is 0.648. The fourth-order valence-electron chi connectivity index (χ4n) is 4.00. The van der Waals surface area contributed by atoms with Crippen LogP contribution in [0, 0.1) is 0 Å². The van der Waals surface area contributed by atoms with Gasteiger partial charge in [-0.05, 0) is 18.1 Å². The van der Waals surface area contributed by atoms with Gasteiger partial charge in [-0.1, -0.05) is 72.7 Å². The monoisotopic (exact) mass is 376 g/mol. The van der Waals surface area contributed by atoms with Crippen LogP contribution in [0.15, 0.2) is 65.2 Å². The van der Waals surface area contributed by atoms with Gasteiger partial charge in [0.1, 0.15) is 0 Å². The van der Waals surface area contributed by atoms with Crippen molar-refractivity contribution in [3.63, 3.8) is 0 Å². The van der Waals surface area contributed by atoms with Gasteiger partial charge in [0.2, 0.25) is 5.89 Å². The normalized spacial score (nSPS) is 17.1. The molecular formula is C23H28N4O. The maximum absolute atomic E-state index is 5.47. The van der Waals surface area contributed by atoms with Gasteiger partial charge >= 0.3 is 0 Å². The highest BCUT2D eigenvalue weighted by molar-refractivity contribution is 5.32. The van der Waals surface area contributed by atoms with Gasteiger partial charge in [-0.3, -0.25) is 9.80 Å². The number of piperazine rings is 1. The summed E-state index contributed by atoms with van der Waals surface area (Å²) in [6.45, 7) is 8.20. The highest BCUT2D eigenvalue weighted by Gasteiger charge is 2.30. The predicted molar refractivity (Wildman–Crippen MR) is 110 cm³/mol. The zero-order valence-electron chi connectivity index (χ0n) is 16.7. The first kappa shape index (κ1) is 18.8. The summed E-state index contributed by atoms with van der Waals surface area (Å²) >= 11 is 0. The largest absolute Gasteiger partial charge is 0.338 e. The van der Waals surface area contributed by atoms with Gasteiger partial charge in [-0.2, -0.15) is 4.98 Å². The van der Waals surface area contributed by atoms with Crippen molar-refractivity contribution in [3.8, 4) is 0 Å². The van der Waals surface area contributed by atoms with E-state index in [4.69, 9.17) is 4.52 Å². The minimum absolute atomic E-state index is 0.154. The molecule has 1 fully saturated rings. The molecule has 2 heterocycles. The highest BCUT2D eigenvalue weighted by atomic mass is 16.5. The molecule has 5 nitrogen and oxygen atoms in total. The van der Waals surface area contributed by atoms with Crippen LogP contribution in [-0.2, 0) is 6.42 Å². The number of aryl methyl sites for hydroxylation is 1. The molecule has 1 atom stereocenters. The lowest BCUT2D eigenvalue weighted by Crippen LogP contribution is -2.48. The molecule has 3 aromatic rings. The molecule has 0 amide bonds. The van der Waals surface area contributed by atoms with Gasteiger partial charge < -0.3 is 4.52 Å². The van der Waals surface area contributed by atoms with Crippen LogP contribution in [0.5, 0.6) is 0 Å². The van der Waals surface area contributed by atoms with Crippen molar-refractivity contribution in [2.24, 2.45) is 0 Å². The highest BCUT2D eigenvalue weighted by Crippen LogP contribution is 2.30. The number of rotatable bonds is 6. The standard InChI is InChI=1S/C23H28N4O/c1-3-21-24-23(28-25-21)18(2)26-14-16-27(17-15-26)22(19-10-6-4-7-11-19)20-12-8-5-9-13-20/h4-13,18,22H,3,14-17H2,1-2H3/t18-/m1/s1. The number of hydrogen-bond donors (Lipinski definition) is 0. The molecule has 0 saturated carbocycles. The minimum Gasteiger partial charge on any atom is -0.338 e. The summed E-state index contributed by atoms with van der Waals surface area (Å²) in [6.07, 6.45) is 0.805. The van der Waals surface area contributed by atoms with E-state index in [1.54, 1.807) is 0 Å². The molecule has 5 heteroatoms. The van der Waals surface area contributed by atoms with Crippen LogP contribution in [0.2, 0.25) is 0 Å². The van der Waals surface area contributed by atoms with Crippen molar-refractivity contribution in [1.29, 1.82) is 0 Å². The molecule has 1 aromatic heterocycles. The molecule has 0 unspecified atom stereocenters. The molecule has 2 aromatic carbocycles. The van der Waals surface area contributed by atoms with Gasteiger partial charge in [-0.25, -0.2) is 0 Å². The molecule has 0 N–H and O–H groups in total. The summed E-state index contributed by atoms with van der Waals surface area (Å²) in [6, 6.07) is 22.1. The predicted octanol–water partition coefficient (Wildman–Crippen LogP) is 4.10. The lowest BCUT2D eigenvalue weighted by atomic mass is 9.96. The molecule has 0 radical (unpaired) electrons. The van der Waals surface area contributed by atoms with Gasteiger partial charge in [0.05, 0.1) is 12.1 Å². The summed E-state index contributed by atoms with van der Waals surface area (Å²) in [7, 11) is 0. The van der Waals surface area contributed by atoms with Crippen LogP contribution >= 0.6 is 0 Å². The Bertz CT molecular complexity index is 817. The fraction of sp³-hybridized carbons (Fsp3) is 0.391. The Labute approximate surface area is 167 Å². The molecular weight excluding hydrogens is 348 g/mol. The van der Waals surface area contributed by atoms with Crippen molar-refractivity contribution in [2.75, 3.05) is 26.2 Å². The third-order valence-electron chi connectivity index (χ3n) is 5.65. The second-order valence-electron chi connectivity index (χ2n) is 7.37. The average Bonchev–Trinajstić information content (AvgIpc) is 3.25. The number of nitrogens with zero attached hydrogens (tertiary/aromatic N) is 4. The van der Waals surface area contributed by atoms with E-state index in [0.29, 0.717) is 0 Å². The van der Waals surface area contributed by atoms with E-state index in [-0.39, 0.29) is 12.1 Å². The summed E-state index contributed by atoms with van der Waals surface area (Å²) in [5.41, 5.74) is 2.69. The van der Waals surface area contributed by atoms with E-state index in [1.165, 1.54) is 11.1 Å². The van der Waals surface area contributed by atoms with E-state index in [9.17, 15) is 0 Å². The smallest absolute Gasteiger partial charge is 0.243 e. The second kappa shape index (κ2) is 8.67. The zero-order chi connectivity index (χ0) is 19.3. The topological polar surface area (TPSA) is 45.4 Å². The van der Waals surface area contributed by atoms with Crippen LogP contribution in [0.1, 0.15) is 48.8 Å². The average molecular weight is 377 g/mol.